The number of aromatic nitrogens is 1. The summed E-state index contributed by atoms with van der Waals surface area (Å²) in [5.74, 6) is -0.127. The Bertz CT molecular complexity index is 259. The molecule has 0 fully saturated rings. The Kier molecular flexibility index (Phi) is 1.53. The van der Waals surface area contributed by atoms with Crippen LogP contribution in [0.4, 0.5) is 5.69 Å². The van der Waals surface area contributed by atoms with Crippen LogP contribution >= 0.6 is 0 Å². The second kappa shape index (κ2) is 2.34. The predicted octanol–water partition coefficient (Wildman–Crippen LogP) is 0.367. The molecule has 0 saturated carbocycles. The van der Waals surface area contributed by atoms with E-state index >= 15 is 0 Å². The second-order valence-electron chi connectivity index (χ2n) is 1.78. The van der Waals surface area contributed by atoms with Gasteiger partial charge in [0.15, 0.2) is 5.75 Å². The second-order valence-corrected chi connectivity index (χ2v) is 1.78. The van der Waals surface area contributed by atoms with E-state index in [1.165, 1.54) is 12.3 Å². The number of hydrogen-bond donors (Lipinski definition) is 3. The lowest BCUT2D eigenvalue weighted by molar-refractivity contribution is 0.474. The molecule has 4 nitrogen and oxygen atoms in total. The fourth-order valence-electron chi connectivity index (χ4n) is 0.591. The van der Waals surface area contributed by atoms with E-state index < -0.39 is 0 Å². The van der Waals surface area contributed by atoms with Crippen LogP contribution in [-0.2, 0) is 0 Å². The van der Waals surface area contributed by atoms with Crippen molar-refractivity contribution in [3.8, 4) is 5.75 Å². The van der Waals surface area contributed by atoms with Crippen LogP contribution in [0.1, 0.15) is 5.69 Å². The number of nitrogen functional groups attached to an aromatic ring is 1. The van der Waals surface area contributed by atoms with Gasteiger partial charge in [-0.2, -0.15) is 0 Å². The number of nitrogens with two attached hydrogens (primary N) is 1. The van der Waals surface area contributed by atoms with Gasteiger partial charge in [0.1, 0.15) is 5.69 Å². The van der Waals surface area contributed by atoms with Gasteiger partial charge in [-0.1, -0.05) is 0 Å². The van der Waals surface area contributed by atoms with E-state index in [0.29, 0.717) is 0 Å². The largest absolute Gasteiger partial charge is 0.504 e. The van der Waals surface area contributed by atoms with Crippen molar-refractivity contribution >= 4 is 11.9 Å². The lowest BCUT2D eigenvalue weighted by Crippen LogP contribution is -1.92. The molecule has 0 atom stereocenters. The van der Waals surface area contributed by atoms with Gasteiger partial charge in [-0.15, -0.1) is 0 Å². The van der Waals surface area contributed by atoms with Crippen LogP contribution in [0.5, 0.6) is 5.75 Å². The van der Waals surface area contributed by atoms with Crippen molar-refractivity contribution in [2.75, 3.05) is 5.73 Å². The Balaban J connectivity index is 3.27. The van der Waals surface area contributed by atoms with Crippen molar-refractivity contribution < 1.29 is 5.11 Å². The molecule has 0 aromatic carbocycles. The fourth-order valence-corrected chi connectivity index (χ4v) is 0.591. The lowest BCUT2D eigenvalue weighted by atomic mass is 10.3. The molecule has 0 aliphatic carbocycles. The first-order valence-corrected chi connectivity index (χ1v) is 2.69. The Morgan fingerprint density at radius 3 is 2.90 bits per heavy atom. The standard InChI is InChI=1S/C6H7N3O/c7-3-5-6(10)4(8)1-2-9-5/h1-3,7,10H,(H2,8,9). The van der Waals surface area contributed by atoms with E-state index in [9.17, 15) is 0 Å². The third-order valence-corrected chi connectivity index (χ3v) is 1.12. The molecule has 0 aliphatic heterocycles. The van der Waals surface area contributed by atoms with Crippen LogP contribution in [0, 0.1) is 5.41 Å². The molecule has 1 rings (SSSR count). The number of aromatic hydroxyl groups is 1. The van der Waals surface area contributed by atoms with Crippen molar-refractivity contribution in [1.82, 2.24) is 4.98 Å². The highest BCUT2D eigenvalue weighted by Gasteiger charge is 2.00. The molecule has 4 N–H and O–H groups in total. The van der Waals surface area contributed by atoms with Gasteiger partial charge in [0.05, 0.1) is 5.69 Å². The van der Waals surface area contributed by atoms with Crippen LogP contribution in [0.25, 0.3) is 0 Å². The van der Waals surface area contributed by atoms with Crippen molar-refractivity contribution in [2.45, 2.75) is 0 Å². The van der Waals surface area contributed by atoms with E-state index in [0.717, 1.165) is 6.21 Å². The first-order valence-electron chi connectivity index (χ1n) is 2.69. The van der Waals surface area contributed by atoms with Gasteiger partial charge < -0.3 is 16.2 Å². The molecule has 10 heavy (non-hydrogen) atoms. The van der Waals surface area contributed by atoms with Crippen molar-refractivity contribution in [3.63, 3.8) is 0 Å². The molecule has 52 valence electrons. The zero-order valence-corrected chi connectivity index (χ0v) is 5.20. The van der Waals surface area contributed by atoms with Crippen LogP contribution in [0.2, 0.25) is 0 Å². The normalized spacial score (nSPS) is 9.20. The van der Waals surface area contributed by atoms with Crippen LogP contribution in [0.15, 0.2) is 12.3 Å². The molecule has 1 heterocycles. The van der Waals surface area contributed by atoms with Crippen LogP contribution in [0.3, 0.4) is 0 Å². The zero-order chi connectivity index (χ0) is 7.56. The van der Waals surface area contributed by atoms with Gasteiger partial charge in [0.2, 0.25) is 0 Å². The van der Waals surface area contributed by atoms with Crippen molar-refractivity contribution in [3.05, 3.63) is 18.0 Å². The third-order valence-electron chi connectivity index (χ3n) is 1.12. The van der Waals surface area contributed by atoms with Gasteiger partial charge in [-0.3, -0.25) is 4.98 Å². The van der Waals surface area contributed by atoms with Gasteiger partial charge in [0.25, 0.3) is 0 Å². The minimum Gasteiger partial charge on any atom is -0.504 e. The van der Waals surface area contributed by atoms with E-state index in [1.807, 2.05) is 0 Å². The lowest BCUT2D eigenvalue weighted by Gasteiger charge is -1.98. The summed E-state index contributed by atoms with van der Waals surface area (Å²) >= 11 is 0. The highest BCUT2D eigenvalue weighted by atomic mass is 16.3. The topological polar surface area (TPSA) is 83.0 Å². The average molecular weight is 137 g/mol. The molecule has 1 aromatic heterocycles. The summed E-state index contributed by atoms with van der Waals surface area (Å²) in [5.41, 5.74) is 5.74. The highest BCUT2D eigenvalue weighted by Crippen LogP contribution is 2.19. The molecule has 4 heteroatoms. The van der Waals surface area contributed by atoms with Crippen LogP contribution < -0.4 is 5.73 Å². The smallest absolute Gasteiger partial charge is 0.166 e. The molecule has 0 saturated heterocycles. The molecule has 1 aromatic rings. The molecular formula is C6H7N3O. The summed E-state index contributed by atoms with van der Waals surface area (Å²) in [6.45, 7) is 0. The fraction of sp³-hybridized carbons (Fsp3) is 0. The van der Waals surface area contributed by atoms with Gasteiger partial charge in [-0.25, -0.2) is 0 Å². The summed E-state index contributed by atoms with van der Waals surface area (Å²) in [6, 6.07) is 1.47. The van der Waals surface area contributed by atoms with Crippen LogP contribution in [-0.4, -0.2) is 16.3 Å². The molecule has 0 bridgehead atoms. The maximum absolute atomic E-state index is 9.06. The Morgan fingerprint density at radius 1 is 1.70 bits per heavy atom. The summed E-state index contributed by atoms with van der Waals surface area (Å²) in [6.07, 6.45) is 2.39. The van der Waals surface area contributed by atoms with Gasteiger partial charge in [-0.05, 0) is 6.07 Å². The van der Waals surface area contributed by atoms with E-state index in [4.69, 9.17) is 16.2 Å². The number of anilines is 1. The number of pyridine rings is 1. The van der Waals surface area contributed by atoms with E-state index in [2.05, 4.69) is 4.98 Å². The quantitative estimate of drug-likeness (QED) is 0.489. The van der Waals surface area contributed by atoms with E-state index in [1.54, 1.807) is 0 Å². The molecule has 0 amide bonds. The number of nitrogens with one attached hydrogen (secondary N) is 1. The Morgan fingerprint density at radius 2 is 2.40 bits per heavy atom. The minimum absolute atomic E-state index is 0.127. The highest BCUT2D eigenvalue weighted by molar-refractivity contribution is 5.81. The predicted molar refractivity (Wildman–Crippen MR) is 38.2 cm³/mol. The van der Waals surface area contributed by atoms with Gasteiger partial charge >= 0.3 is 0 Å². The van der Waals surface area contributed by atoms with Gasteiger partial charge in [0, 0.05) is 12.4 Å². The summed E-state index contributed by atoms with van der Waals surface area (Å²) in [4.78, 5) is 3.68. The maximum Gasteiger partial charge on any atom is 0.166 e. The first kappa shape index (κ1) is 6.54. The Hall–Kier alpha value is -1.58. The molecule has 0 unspecified atom stereocenters. The summed E-state index contributed by atoms with van der Waals surface area (Å²) in [5, 5.41) is 15.8. The first-order chi connectivity index (χ1) is 4.75. The summed E-state index contributed by atoms with van der Waals surface area (Å²) < 4.78 is 0. The van der Waals surface area contributed by atoms with Crippen molar-refractivity contribution in [1.29, 1.82) is 5.41 Å². The van der Waals surface area contributed by atoms with E-state index in [-0.39, 0.29) is 17.1 Å². The minimum atomic E-state index is -0.127. The number of rotatable bonds is 1. The molecule has 0 aliphatic rings. The monoisotopic (exact) mass is 137 g/mol. The Labute approximate surface area is 57.8 Å². The SMILES string of the molecule is N=Cc1nccc(N)c1O. The molecule has 0 spiro atoms. The van der Waals surface area contributed by atoms with Crippen molar-refractivity contribution in [2.24, 2.45) is 0 Å². The zero-order valence-electron chi connectivity index (χ0n) is 5.20. The number of nitrogens with zero attached hydrogens (tertiary/aromatic N) is 1. The average Bonchev–Trinajstić information content (AvgIpc) is 1.95. The summed E-state index contributed by atoms with van der Waals surface area (Å²) in [7, 11) is 0. The molecule has 0 radical (unpaired) electrons. The maximum atomic E-state index is 9.06. The molecular weight excluding hydrogens is 130 g/mol. The number of hydrogen-bond acceptors (Lipinski definition) is 4. The third kappa shape index (κ3) is 0.907.